The molecule has 0 aliphatic carbocycles. The van der Waals surface area contributed by atoms with Crippen LogP contribution in [-0.2, 0) is 0 Å². The Morgan fingerprint density at radius 2 is 1.71 bits per heavy atom. The number of pyridine rings is 1. The number of hydrogen-bond donors (Lipinski definition) is 2. The topological polar surface area (TPSA) is 79.8 Å². The van der Waals surface area contributed by atoms with Gasteiger partial charge in [-0.3, -0.25) is 9.78 Å². The molecular weight excluding hydrogens is 302 g/mol. The van der Waals surface area contributed by atoms with Gasteiger partial charge >= 0.3 is 0 Å². The van der Waals surface area contributed by atoms with Crippen LogP contribution in [-0.4, -0.2) is 20.9 Å². The summed E-state index contributed by atoms with van der Waals surface area (Å²) < 4.78 is 0. The molecule has 0 saturated heterocycles. The molecular formula is C18H17N5O. The third-order valence-electron chi connectivity index (χ3n) is 3.28. The van der Waals surface area contributed by atoms with Crippen molar-refractivity contribution >= 4 is 23.2 Å². The Kier molecular flexibility index (Phi) is 4.47. The summed E-state index contributed by atoms with van der Waals surface area (Å²) >= 11 is 0. The lowest BCUT2D eigenvalue weighted by Gasteiger charge is -2.09. The summed E-state index contributed by atoms with van der Waals surface area (Å²) in [5.41, 5.74) is 3.71. The lowest BCUT2D eigenvalue weighted by atomic mass is 10.2. The second-order valence-corrected chi connectivity index (χ2v) is 5.38. The predicted molar refractivity (Wildman–Crippen MR) is 93.4 cm³/mol. The lowest BCUT2D eigenvalue weighted by Crippen LogP contribution is -2.12. The Morgan fingerprint density at radius 1 is 0.958 bits per heavy atom. The van der Waals surface area contributed by atoms with Gasteiger partial charge in [0.05, 0.1) is 11.9 Å². The van der Waals surface area contributed by atoms with Crippen molar-refractivity contribution in [2.24, 2.45) is 0 Å². The third kappa shape index (κ3) is 3.92. The Morgan fingerprint density at radius 3 is 2.42 bits per heavy atom. The molecule has 3 rings (SSSR count). The average molecular weight is 319 g/mol. The lowest BCUT2D eigenvalue weighted by molar-refractivity contribution is 0.102. The number of nitrogens with zero attached hydrogens (tertiary/aromatic N) is 3. The zero-order valence-corrected chi connectivity index (χ0v) is 13.4. The Balaban J connectivity index is 1.77. The molecule has 2 heterocycles. The van der Waals surface area contributed by atoms with Gasteiger partial charge < -0.3 is 10.6 Å². The second kappa shape index (κ2) is 6.87. The maximum Gasteiger partial charge on any atom is 0.255 e. The van der Waals surface area contributed by atoms with Crippen molar-refractivity contribution in [1.29, 1.82) is 0 Å². The molecule has 0 spiro atoms. The summed E-state index contributed by atoms with van der Waals surface area (Å²) in [6.07, 6.45) is 3.26. The quantitative estimate of drug-likeness (QED) is 0.769. The van der Waals surface area contributed by atoms with Gasteiger partial charge in [-0.2, -0.15) is 0 Å². The molecule has 2 aromatic heterocycles. The van der Waals surface area contributed by atoms with Gasteiger partial charge in [0.1, 0.15) is 0 Å². The highest BCUT2D eigenvalue weighted by atomic mass is 16.1. The van der Waals surface area contributed by atoms with Crippen molar-refractivity contribution in [3.8, 4) is 0 Å². The number of carbonyl (C=O) groups is 1. The smallest absolute Gasteiger partial charge is 0.255 e. The molecule has 1 amide bonds. The fourth-order valence-corrected chi connectivity index (χ4v) is 2.29. The number of anilines is 3. The molecule has 24 heavy (non-hydrogen) atoms. The number of benzene rings is 1. The van der Waals surface area contributed by atoms with E-state index in [2.05, 4.69) is 25.6 Å². The number of rotatable bonds is 4. The summed E-state index contributed by atoms with van der Waals surface area (Å²) in [7, 11) is 0. The number of hydrogen-bond acceptors (Lipinski definition) is 5. The number of carbonyl (C=O) groups excluding carboxylic acids is 1. The van der Waals surface area contributed by atoms with E-state index in [1.807, 2.05) is 32.0 Å². The molecule has 0 unspecified atom stereocenters. The molecule has 120 valence electrons. The monoisotopic (exact) mass is 319 g/mol. The summed E-state index contributed by atoms with van der Waals surface area (Å²) in [6.45, 7) is 3.83. The van der Waals surface area contributed by atoms with E-state index in [4.69, 9.17) is 0 Å². The van der Waals surface area contributed by atoms with E-state index in [1.54, 1.807) is 36.7 Å². The summed E-state index contributed by atoms with van der Waals surface area (Å²) in [4.78, 5) is 25.0. The number of nitrogens with one attached hydrogen (secondary N) is 2. The maximum absolute atomic E-state index is 12.3. The van der Waals surface area contributed by atoms with Gasteiger partial charge in [0.15, 0.2) is 0 Å². The molecule has 0 aliphatic rings. The van der Waals surface area contributed by atoms with Crippen LogP contribution in [0, 0.1) is 13.8 Å². The van der Waals surface area contributed by atoms with Crippen LogP contribution in [0.5, 0.6) is 0 Å². The largest absolute Gasteiger partial charge is 0.324 e. The number of aromatic nitrogens is 3. The molecule has 0 atom stereocenters. The fourth-order valence-electron chi connectivity index (χ4n) is 2.29. The van der Waals surface area contributed by atoms with Gasteiger partial charge in [-0.1, -0.05) is 6.07 Å². The van der Waals surface area contributed by atoms with Crippen molar-refractivity contribution in [1.82, 2.24) is 15.0 Å². The van der Waals surface area contributed by atoms with Gasteiger partial charge in [0.2, 0.25) is 5.95 Å². The van der Waals surface area contributed by atoms with E-state index in [-0.39, 0.29) is 5.91 Å². The van der Waals surface area contributed by atoms with Crippen LogP contribution in [0.25, 0.3) is 0 Å². The standard InChI is InChI=1S/C18H17N5O/c1-12-9-13(2)21-18(20-12)23-15-6-3-5-14(10-15)17(24)22-16-7-4-8-19-11-16/h3-11H,1-2H3,(H,22,24)(H,20,21,23). The third-order valence-corrected chi connectivity index (χ3v) is 3.28. The SMILES string of the molecule is Cc1cc(C)nc(Nc2cccc(C(=O)Nc3cccnc3)c2)n1. The first-order chi connectivity index (χ1) is 11.6. The van der Waals surface area contributed by atoms with Crippen LogP contribution in [0.3, 0.4) is 0 Å². The normalized spacial score (nSPS) is 10.2. The minimum atomic E-state index is -0.201. The predicted octanol–water partition coefficient (Wildman–Crippen LogP) is 3.48. The molecule has 2 N–H and O–H groups in total. The van der Waals surface area contributed by atoms with Gasteiger partial charge in [-0.05, 0) is 50.2 Å². The zero-order valence-electron chi connectivity index (χ0n) is 13.4. The summed E-state index contributed by atoms with van der Waals surface area (Å²) in [6, 6.07) is 12.6. The van der Waals surface area contributed by atoms with E-state index in [1.165, 1.54) is 0 Å². The Labute approximate surface area is 140 Å². The van der Waals surface area contributed by atoms with Gasteiger partial charge in [-0.25, -0.2) is 9.97 Å². The molecule has 3 aromatic rings. The molecule has 6 nitrogen and oxygen atoms in total. The Bertz CT molecular complexity index is 844. The van der Waals surface area contributed by atoms with Gasteiger partial charge in [-0.15, -0.1) is 0 Å². The molecule has 0 saturated carbocycles. The summed E-state index contributed by atoms with van der Waals surface area (Å²) in [5.74, 6) is 0.310. The van der Waals surface area contributed by atoms with Crippen molar-refractivity contribution in [3.63, 3.8) is 0 Å². The first kappa shape index (κ1) is 15.6. The van der Waals surface area contributed by atoms with Crippen LogP contribution in [0.4, 0.5) is 17.3 Å². The van der Waals surface area contributed by atoms with Crippen LogP contribution in [0.1, 0.15) is 21.7 Å². The first-order valence-electron chi connectivity index (χ1n) is 7.51. The van der Waals surface area contributed by atoms with Crippen molar-refractivity contribution in [3.05, 3.63) is 71.8 Å². The molecule has 0 aliphatic heterocycles. The van der Waals surface area contributed by atoms with Crippen molar-refractivity contribution in [2.45, 2.75) is 13.8 Å². The minimum Gasteiger partial charge on any atom is -0.324 e. The first-order valence-corrected chi connectivity index (χ1v) is 7.51. The van der Waals surface area contributed by atoms with E-state index in [0.29, 0.717) is 17.2 Å². The average Bonchev–Trinajstić information content (AvgIpc) is 2.55. The second-order valence-electron chi connectivity index (χ2n) is 5.38. The van der Waals surface area contributed by atoms with E-state index in [0.717, 1.165) is 17.1 Å². The van der Waals surface area contributed by atoms with Gasteiger partial charge in [0.25, 0.3) is 5.91 Å². The molecule has 0 bridgehead atoms. The van der Waals surface area contributed by atoms with Crippen LogP contribution in [0.15, 0.2) is 54.9 Å². The minimum absolute atomic E-state index is 0.201. The van der Waals surface area contributed by atoms with Crippen molar-refractivity contribution < 1.29 is 4.79 Å². The van der Waals surface area contributed by atoms with E-state index < -0.39 is 0 Å². The van der Waals surface area contributed by atoms with Gasteiger partial charge in [0, 0.05) is 28.8 Å². The number of amides is 1. The zero-order chi connectivity index (χ0) is 16.9. The molecule has 6 heteroatoms. The highest BCUT2D eigenvalue weighted by Gasteiger charge is 2.08. The highest BCUT2D eigenvalue weighted by Crippen LogP contribution is 2.17. The summed E-state index contributed by atoms with van der Waals surface area (Å²) in [5, 5.41) is 5.94. The van der Waals surface area contributed by atoms with Crippen LogP contribution in [0.2, 0.25) is 0 Å². The Hall–Kier alpha value is -3.28. The maximum atomic E-state index is 12.3. The fraction of sp³-hybridized carbons (Fsp3) is 0.111. The van der Waals surface area contributed by atoms with Crippen LogP contribution >= 0.6 is 0 Å². The molecule has 0 radical (unpaired) electrons. The number of aryl methyl sites for hydroxylation is 2. The van der Waals surface area contributed by atoms with Crippen molar-refractivity contribution in [2.75, 3.05) is 10.6 Å². The van der Waals surface area contributed by atoms with E-state index in [9.17, 15) is 4.79 Å². The molecule has 1 aromatic carbocycles. The van der Waals surface area contributed by atoms with Crippen LogP contribution < -0.4 is 10.6 Å². The molecule has 0 fully saturated rings. The van der Waals surface area contributed by atoms with E-state index >= 15 is 0 Å². The highest BCUT2D eigenvalue weighted by molar-refractivity contribution is 6.04.